The number of hydrogen-bond donors (Lipinski definition) is 4. The normalized spacial score (nSPS) is 21.2. The maximum atomic E-state index is 13.9. The second kappa shape index (κ2) is 14.3. The van der Waals surface area contributed by atoms with E-state index in [2.05, 4.69) is 12.2 Å². The highest BCUT2D eigenvalue weighted by atomic mass is 16.7. The topological polar surface area (TPSA) is 147 Å². The Balaban J connectivity index is 1.52. The highest BCUT2D eigenvalue weighted by molar-refractivity contribution is 5.96. The van der Waals surface area contributed by atoms with E-state index in [9.17, 15) is 24.9 Å². The van der Waals surface area contributed by atoms with Gasteiger partial charge in [0.05, 0.1) is 32.3 Å². The number of carbonyl (C=O) groups is 2. The number of unbranched alkanes of at least 4 members (excludes halogenated alkanes) is 4. The molecule has 0 unspecified atom stereocenters. The minimum absolute atomic E-state index is 0.0338. The van der Waals surface area contributed by atoms with Gasteiger partial charge in [-0.3, -0.25) is 9.59 Å². The predicted molar refractivity (Wildman–Crippen MR) is 161 cm³/mol. The first-order chi connectivity index (χ1) is 21.4. The average molecular weight is 611 g/mol. The molecule has 0 spiro atoms. The number of rotatable bonds is 14. The fourth-order valence-corrected chi connectivity index (χ4v) is 6.24. The third-order valence-electron chi connectivity index (χ3n) is 8.46. The molecule has 11 nitrogen and oxygen atoms in total. The molecule has 1 aliphatic carbocycles. The van der Waals surface area contributed by atoms with Crippen molar-refractivity contribution in [2.24, 2.45) is 0 Å². The van der Waals surface area contributed by atoms with E-state index in [0.717, 1.165) is 31.2 Å². The van der Waals surface area contributed by atoms with Crippen molar-refractivity contribution in [3.8, 4) is 23.0 Å². The second-order valence-corrected chi connectivity index (χ2v) is 11.4. The number of aliphatic hydroxyl groups excluding tert-OH is 3. The molecule has 0 radical (unpaired) electrons. The summed E-state index contributed by atoms with van der Waals surface area (Å²) >= 11 is 0. The summed E-state index contributed by atoms with van der Waals surface area (Å²) < 4.78 is 22.9. The van der Waals surface area contributed by atoms with Gasteiger partial charge in [-0.1, -0.05) is 38.7 Å². The van der Waals surface area contributed by atoms with Gasteiger partial charge in [-0.25, -0.2) is 0 Å². The summed E-state index contributed by atoms with van der Waals surface area (Å²) in [5.74, 6) is 0.685. The third-order valence-corrected chi connectivity index (χ3v) is 8.46. The summed E-state index contributed by atoms with van der Waals surface area (Å²) in [6, 6.07) is 7.98. The average Bonchev–Trinajstić information content (AvgIpc) is 3.67. The monoisotopic (exact) mass is 610 g/mol. The molecule has 44 heavy (non-hydrogen) atoms. The largest absolute Gasteiger partial charge is 0.493 e. The molecular weight excluding hydrogens is 568 g/mol. The number of carbonyl (C=O) groups excluding carboxylic acids is 2. The van der Waals surface area contributed by atoms with Crippen LogP contribution in [0.5, 0.6) is 23.0 Å². The van der Waals surface area contributed by atoms with Crippen LogP contribution in [0.25, 0.3) is 0 Å². The summed E-state index contributed by atoms with van der Waals surface area (Å²) in [7, 11) is 1.48. The standard InChI is InChI=1S/C33H42N2O9/c1-3-4-5-6-7-8-28(38)35(17-20-9-10-25-26(14-20)43-19-42-25)24-16-23(33(40)34-11-12-36)29-22-13-21(18-37)15-27(41-2)31(22)44-32(29)30(24)39/h9-10,13-16,24,29-30,32,36-37,39H,3-8,11-12,17-19H2,1-2H3,(H,34,40)/t24-,29+,30+,32+/m1/s1. The van der Waals surface area contributed by atoms with Gasteiger partial charge in [-0.05, 0) is 47.9 Å². The van der Waals surface area contributed by atoms with Crippen LogP contribution in [-0.2, 0) is 22.7 Å². The fraction of sp³-hybridized carbons (Fsp3) is 0.515. The van der Waals surface area contributed by atoms with Crippen LogP contribution in [0, 0.1) is 0 Å². The van der Waals surface area contributed by atoms with Crippen molar-refractivity contribution in [1.29, 1.82) is 0 Å². The van der Waals surface area contributed by atoms with Crippen LogP contribution in [-0.4, -0.2) is 77.3 Å². The van der Waals surface area contributed by atoms with Crippen LogP contribution in [0.4, 0.5) is 0 Å². The van der Waals surface area contributed by atoms with E-state index in [1.165, 1.54) is 7.11 Å². The molecule has 2 aromatic carbocycles. The van der Waals surface area contributed by atoms with Gasteiger partial charge >= 0.3 is 0 Å². The molecule has 0 saturated carbocycles. The fourth-order valence-electron chi connectivity index (χ4n) is 6.24. The zero-order chi connectivity index (χ0) is 31.2. The number of hydrogen-bond acceptors (Lipinski definition) is 9. The van der Waals surface area contributed by atoms with Crippen molar-refractivity contribution in [3.63, 3.8) is 0 Å². The van der Waals surface area contributed by atoms with Gasteiger partial charge in [-0.2, -0.15) is 0 Å². The van der Waals surface area contributed by atoms with Gasteiger partial charge in [0, 0.05) is 30.6 Å². The number of benzene rings is 2. The number of ether oxygens (including phenoxy) is 4. The number of aliphatic hydroxyl groups is 3. The van der Waals surface area contributed by atoms with Crippen molar-refractivity contribution in [1.82, 2.24) is 10.2 Å². The lowest BCUT2D eigenvalue weighted by Crippen LogP contribution is -2.55. The van der Waals surface area contributed by atoms with Gasteiger partial charge in [-0.15, -0.1) is 0 Å². The Morgan fingerprint density at radius 1 is 1.05 bits per heavy atom. The molecule has 3 aliphatic rings. The van der Waals surface area contributed by atoms with Crippen LogP contribution in [0.3, 0.4) is 0 Å². The lowest BCUT2D eigenvalue weighted by atomic mass is 9.77. The van der Waals surface area contributed by atoms with Crippen molar-refractivity contribution in [3.05, 3.63) is 58.7 Å². The van der Waals surface area contributed by atoms with E-state index in [4.69, 9.17) is 18.9 Å². The summed E-state index contributed by atoms with van der Waals surface area (Å²) in [5, 5.41) is 33.9. The molecule has 2 heterocycles. The molecule has 2 aromatic rings. The number of nitrogens with one attached hydrogen (secondary N) is 1. The highest BCUT2D eigenvalue weighted by Gasteiger charge is 2.51. The molecule has 238 valence electrons. The van der Waals surface area contributed by atoms with E-state index in [1.807, 2.05) is 12.1 Å². The van der Waals surface area contributed by atoms with Gasteiger partial charge in [0.1, 0.15) is 12.2 Å². The van der Waals surface area contributed by atoms with Gasteiger partial charge in [0.25, 0.3) is 0 Å². The minimum Gasteiger partial charge on any atom is -0.493 e. The number of fused-ring (bicyclic) bond motifs is 4. The van der Waals surface area contributed by atoms with Crippen molar-refractivity contribution in [2.75, 3.05) is 27.1 Å². The lowest BCUT2D eigenvalue weighted by Gasteiger charge is -2.41. The smallest absolute Gasteiger partial charge is 0.247 e. The second-order valence-electron chi connectivity index (χ2n) is 11.4. The third kappa shape index (κ3) is 6.50. The maximum Gasteiger partial charge on any atom is 0.247 e. The Bertz CT molecular complexity index is 1380. The highest BCUT2D eigenvalue weighted by Crippen LogP contribution is 2.51. The molecule has 0 saturated heterocycles. The molecule has 4 atom stereocenters. The molecule has 0 aromatic heterocycles. The van der Waals surface area contributed by atoms with Crippen LogP contribution >= 0.6 is 0 Å². The van der Waals surface area contributed by atoms with E-state index in [0.29, 0.717) is 52.5 Å². The Kier molecular flexibility index (Phi) is 10.3. The zero-order valence-corrected chi connectivity index (χ0v) is 25.3. The lowest BCUT2D eigenvalue weighted by molar-refractivity contribution is -0.138. The number of amides is 2. The molecule has 5 rings (SSSR count). The van der Waals surface area contributed by atoms with Crippen molar-refractivity contribution in [2.45, 2.75) is 82.8 Å². The molecule has 0 fully saturated rings. The Morgan fingerprint density at radius 2 is 1.84 bits per heavy atom. The van der Waals surface area contributed by atoms with Crippen LogP contribution in [0.2, 0.25) is 0 Å². The maximum absolute atomic E-state index is 13.9. The molecule has 2 aliphatic heterocycles. The van der Waals surface area contributed by atoms with E-state index >= 15 is 0 Å². The molecule has 11 heteroatoms. The SMILES string of the molecule is CCCCCCCC(=O)N(Cc1ccc2c(c1)OCO2)[C@@H]1C=C(C(=O)NCCO)[C@@H]2c3cc(CO)cc(OC)c3O[C@@H]2[C@H]1O. The number of nitrogens with zero attached hydrogens (tertiary/aromatic N) is 1. The summed E-state index contributed by atoms with van der Waals surface area (Å²) in [5.41, 5.74) is 2.26. The Morgan fingerprint density at radius 3 is 2.59 bits per heavy atom. The molecular formula is C33H42N2O9. The van der Waals surface area contributed by atoms with Crippen LogP contribution < -0.4 is 24.3 Å². The zero-order valence-electron chi connectivity index (χ0n) is 25.3. The van der Waals surface area contributed by atoms with Crippen LogP contribution in [0.1, 0.15) is 68.1 Å². The predicted octanol–water partition coefficient (Wildman–Crippen LogP) is 2.93. The molecule has 4 N–H and O–H groups in total. The van der Waals surface area contributed by atoms with Gasteiger partial charge in [0.15, 0.2) is 23.0 Å². The van der Waals surface area contributed by atoms with E-state index in [-0.39, 0.29) is 39.0 Å². The Labute approximate surface area is 257 Å². The summed E-state index contributed by atoms with van der Waals surface area (Å²) in [6.45, 7) is 1.96. The van der Waals surface area contributed by atoms with Crippen molar-refractivity contribution >= 4 is 11.8 Å². The van der Waals surface area contributed by atoms with E-state index < -0.39 is 30.1 Å². The minimum atomic E-state index is -1.19. The summed E-state index contributed by atoms with van der Waals surface area (Å²) in [4.78, 5) is 29.1. The first-order valence-electron chi connectivity index (χ1n) is 15.3. The van der Waals surface area contributed by atoms with E-state index in [1.54, 1.807) is 29.2 Å². The Hall–Kier alpha value is -3.80. The summed E-state index contributed by atoms with van der Waals surface area (Å²) in [6.07, 6.45) is 4.72. The molecule has 0 bridgehead atoms. The first-order valence-corrected chi connectivity index (χ1v) is 15.3. The quantitative estimate of drug-likeness (QED) is 0.237. The number of methoxy groups -OCH3 is 1. The first kappa shape index (κ1) is 31.6. The van der Waals surface area contributed by atoms with Gasteiger partial charge < -0.3 is 44.5 Å². The molecule has 2 amide bonds. The van der Waals surface area contributed by atoms with Crippen LogP contribution in [0.15, 0.2) is 42.0 Å². The van der Waals surface area contributed by atoms with Gasteiger partial charge in [0.2, 0.25) is 18.6 Å². The van der Waals surface area contributed by atoms with Crippen molar-refractivity contribution < 1.29 is 43.9 Å².